The SMILES string of the molecule is C[C@H](CCC(=O)NCCS(=O)(=O)O)[C@H]1CC[C@H]2[C@@H]3[C@H](O)C[C@@H]4C[C@H](O)[C@@H](O)C[C@]4(C)[C@H]3C[C@H](O)[C@]12C. The highest BCUT2D eigenvalue weighted by Crippen LogP contribution is 2.68. The normalized spacial score (nSPS) is 47.4. The van der Waals surface area contributed by atoms with Gasteiger partial charge in [0.25, 0.3) is 10.1 Å². The molecule has 10 heteroatoms. The first-order valence-corrected chi connectivity index (χ1v) is 15.2. The molecule has 4 saturated carbocycles. The summed E-state index contributed by atoms with van der Waals surface area (Å²) in [6.07, 6.45) is 2.29. The highest BCUT2D eigenvalue weighted by molar-refractivity contribution is 7.85. The van der Waals surface area contributed by atoms with Crippen LogP contribution in [0.4, 0.5) is 0 Å². The van der Waals surface area contributed by atoms with E-state index >= 15 is 0 Å². The van der Waals surface area contributed by atoms with Gasteiger partial charge in [0, 0.05) is 13.0 Å². The van der Waals surface area contributed by atoms with E-state index in [1.54, 1.807) is 0 Å². The number of aliphatic hydroxyl groups excluding tert-OH is 4. The van der Waals surface area contributed by atoms with Crippen molar-refractivity contribution in [2.75, 3.05) is 12.3 Å². The maximum absolute atomic E-state index is 12.2. The molecule has 0 aromatic rings. The molecule has 0 aliphatic heterocycles. The molecule has 0 unspecified atom stereocenters. The molecular weight excluding hydrogens is 486 g/mol. The van der Waals surface area contributed by atoms with Crippen LogP contribution in [-0.2, 0) is 14.9 Å². The van der Waals surface area contributed by atoms with E-state index in [2.05, 4.69) is 26.1 Å². The fourth-order valence-electron chi connectivity index (χ4n) is 9.14. The third kappa shape index (κ3) is 4.98. The Morgan fingerprint density at radius 2 is 1.67 bits per heavy atom. The molecule has 0 radical (unpaired) electrons. The summed E-state index contributed by atoms with van der Waals surface area (Å²) in [7, 11) is -4.11. The third-order valence-electron chi connectivity index (χ3n) is 11.1. The highest BCUT2D eigenvalue weighted by atomic mass is 32.2. The van der Waals surface area contributed by atoms with Crippen LogP contribution >= 0.6 is 0 Å². The minimum absolute atomic E-state index is 0.0445. The van der Waals surface area contributed by atoms with E-state index in [9.17, 15) is 33.6 Å². The quantitative estimate of drug-likeness (QED) is 0.268. The number of amides is 1. The van der Waals surface area contributed by atoms with Crippen molar-refractivity contribution in [1.82, 2.24) is 5.32 Å². The number of rotatable bonds is 7. The fraction of sp³-hybridized carbons (Fsp3) is 0.962. The van der Waals surface area contributed by atoms with Gasteiger partial charge in [-0.05, 0) is 91.3 Å². The Bertz CT molecular complexity index is 929. The number of carbonyl (C=O) groups is 1. The molecule has 4 aliphatic rings. The largest absolute Gasteiger partial charge is 0.393 e. The Hall–Kier alpha value is -0.780. The molecule has 6 N–H and O–H groups in total. The fourth-order valence-corrected chi connectivity index (χ4v) is 9.50. The van der Waals surface area contributed by atoms with Crippen LogP contribution in [0.25, 0.3) is 0 Å². The summed E-state index contributed by atoms with van der Waals surface area (Å²) >= 11 is 0. The van der Waals surface area contributed by atoms with Crippen LogP contribution in [0.1, 0.15) is 72.1 Å². The topological polar surface area (TPSA) is 164 Å². The van der Waals surface area contributed by atoms with Crippen LogP contribution < -0.4 is 5.32 Å². The van der Waals surface area contributed by atoms with Gasteiger partial charge < -0.3 is 25.7 Å². The van der Waals surface area contributed by atoms with Gasteiger partial charge in [0.05, 0.1) is 30.2 Å². The van der Waals surface area contributed by atoms with Crippen LogP contribution in [0.3, 0.4) is 0 Å². The summed E-state index contributed by atoms with van der Waals surface area (Å²) in [4.78, 5) is 12.2. The smallest absolute Gasteiger partial charge is 0.266 e. The van der Waals surface area contributed by atoms with Crippen molar-refractivity contribution in [3.05, 3.63) is 0 Å². The summed E-state index contributed by atoms with van der Waals surface area (Å²) in [6, 6.07) is 0. The number of nitrogens with one attached hydrogen (secondary N) is 1. The molecule has 0 bridgehead atoms. The average molecular weight is 532 g/mol. The molecule has 0 spiro atoms. The minimum Gasteiger partial charge on any atom is -0.393 e. The van der Waals surface area contributed by atoms with Crippen LogP contribution in [-0.4, -0.2) is 76.0 Å². The Labute approximate surface area is 214 Å². The lowest BCUT2D eigenvalue weighted by molar-refractivity contribution is -0.219. The second-order valence-corrected chi connectivity index (χ2v) is 14.4. The van der Waals surface area contributed by atoms with Crippen LogP contribution in [0.15, 0.2) is 0 Å². The van der Waals surface area contributed by atoms with Crippen molar-refractivity contribution >= 4 is 16.0 Å². The molecule has 4 rings (SSSR count). The molecule has 1 amide bonds. The molecular formula is C26H45NO8S. The van der Waals surface area contributed by atoms with Crippen molar-refractivity contribution in [1.29, 1.82) is 0 Å². The molecule has 0 heterocycles. The first-order chi connectivity index (χ1) is 16.7. The average Bonchev–Trinajstić information content (AvgIpc) is 3.13. The standard InChI is InChI=1S/C26H45NO8S/c1-14(4-7-23(32)27-8-9-36(33,34)35)16-5-6-17-24-18(12-22(31)26(16,17)3)25(2)13-21(30)19(28)10-15(25)11-20(24)29/h14-22,24,28-31H,4-13H2,1-3H3,(H,27,32)(H,33,34,35)/t14-,15+,16-,17+,18+,19+,20-,21+,22+,24+,25+,26-/m1/s1. The molecule has 0 aromatic heterocycles. The molecule has 4 fully saturated rings. The predicted octanol–water partition coefficient (Wildman–Crippen LogP) is 1.34. The van der Waals surface area contributed by atoms with Crippen molar-refractivity contribution < 1.29 is 38.2 Å². The summed E-state index contributed by atoms with van der Waals surface area (Å²) in [5, 5.41) is 46.3. The first kappa shape index (κ1) is 28.2. The van der Waals surface area contributed by atoms with Crippen LogP contribution in [0.2, 0.25) is 0 Å². The van der Waals surface area contributed by atoms with E-state index < -0.39 is 40.3 Å². The maximum Gasteiger partial charge on any atom is 0.266 e. The van der Waals surface area contributed by atoms with Crippen molar-refractivity contribution in [3.8, 4) is 0 Å². The predicted molar refractivity (Wildman–Crippen MR) is 133 cm³/mol. The molecule has 208 valence electrons. The van der Waals surface area contributed by atoms with Gasteiger partial charge in [0.15, 0.2) is 0 Å². The Morgan fingerprint density at radius 3 is 2.33 bits per heavy atom. The molecule has 9 nitrogen and oxygen atoms in total. The monoisotopic (exact) mass is 531 g/mol. The Morgan fingerprint density at radius 1 is 1.00 bits per heavy atom. The maximum atomic E-state index is 12.2. The Balaban J connectivity index is 1.45. The van der Waals surface area contributed by atoms with Gasteiger partial charge in [0.1, 0.15) is 0 Å². The second-order valence-electron chi connectivity index (χ2n) is 12.8. The molecule has 12 atom stereocenters. The molecule has 36 heavy (non-hydrogen) atoms. The summed E-state index contributed by atoms with van der Waals surface area (Å²) in [6.45, 7) is 6.32. The van der Waals surface area contributed by atoms with E-state index in [1.165, 1.54) is 0 Å². The number of hydrogen-bond acceptors (Lipinski definition) is 7. The summed E-state index contributed by atoms with van der Waals surface area (Å²) in [5.41, 5.74) is -0.603. The lowest BCUT2D eigenvalue weighted by Crippen LogP contribution is -2.63. The summed E-state index contributed by atoms with van der Waals surface area (Å²) < 4.78 is 30.5. The van der Waals surface area contributed by atoms with Crippen molar-refractivity contribution in [2.24, 2.45) is 46.3 Å². The third-order valence-corrected chi connectivity index (χ3v) is 11.8. The van der Waals surface area contributed by atoms with Gasteiger partial charge in [-0.25, -0.2) is 0 Å². The van der Waals surface area contributed by atoms with E-state index in [-0.39, 0.29) is 65.2 Å². The number of fused-ring (bicyclic) bond motifs is 5. The van der Waals surface area contributed by atoms with Gasteiger partial charge in [0.2, 0.25) is 5.91 Å². The van der Waals surface area contributed by atoms with Gasteiger partial charge in [-0.15, -0.1) is 0 Å². The van der Waals surface area contributed by atoms with Gasteiger partial charge in [-0.3, -0.25) is 9.35 Å². The highest BCUT2D eigenvalue weighted by Gasteiger charge is 2.66. The molecule has 0 aromatic carbocycles. The van der Waals surface area contributed by atoms with E-state index in [4.69, 9.17) is 4.55 Å². The van der Waals surface area contributed by atoms with Crippen LogP contribution in [0.5, 0.6) is 0 Å². The van der Waals surface area contributed by atoms with Crippen LogP contribution in [0, 0.1) is 46.3 Å². The van der Waals surface area contributed by atoms with E-state index in [0.29, 0.717) is 32.1 Å². The Kier molecular flexibility index (Phi) is 7.90. The summed E-state index contributed by atoms with van der Waals surface area (Å²) in [5.74, 6) is -0.00177. The van der Waals surface area contributed by atoms with E-state index in [1.807, 2.05) is 0 Å². The van der Waals surface area contributed by atoms with Gasteiger partial charge in [-0.1, -0.05) is 20.8 Å². The molecule has 4 aliphatic carbocycles. The first-order valence-electron chi connectivity index (χ1n) is 13.6. The number of aliphatic hydroxyl groups is 4. The number of carbonyl (C=O) groups excluding carboxylic acids is 1. The van der Waals surface area contributed by atoms with E-state index in [0.717, 1.165) is 12.8 Å². The minimum atomic E-state index is -4.11. The lowest BCUT2D eigenvalue weighted by atomic mass is 9.43. The van der Waals surface area contributed by atoms with Gasteiger partial charge >= 0.3 is 0 Å². The van der Waals surface area contributed by atoms with Gasteiger partial charge in [-0.2, -0.15) is 8.42 Å². The van der Waals surface area contributed by atoms with Crippen molar-refractivity contribution in [3.63, 3.8) is 0 Å². The second kappa shape index (κ2) is 10.1. The number of hydrogen-bond donors (Lipinski definition) is 6. The van der Waals surface area contributed by atoms with Crippen molar-refractivity contribution in [2.45, 2.75) is 96.6 Å². The zero-order valence-corrected chi connectivity index (χ0v) is 22.5. The zero-order valence-electron chi connectivity index (χ0n) is 21.7. The lowest BCUT2D eigenvalue weighted by Gasteiger charge is -2.64. The zero-order chi connectivity index (χ0) is 26.6. The molecule has 0 saturated heterocycles.